The summed E-state index contributed by atoms with van der Waals surface area (Å²) in [6, 6.07) is 14.4. The molecule has 2 aromatic carbocycles. The largest absolute Gasteiger partial charge is 0.480 e. The number of rotatable bonds is 17. The second kappa shape index (κ2) is 17.1. The smallest absolute Gasteiger partial charge is 0.333 e. The number of carbonyl (C=O) groups is 6. The summed E-state index contributed by atoms with van der Waals surface area (Å²) < 4.78 is 9.55. The first kappa shape index (κ1) is 33.4. The molecule has 2 atom stereocenters. The lowest BCUT2D eigenvalue weighted by molar-refractivity contribution is -0.146. The number of nitrogens with one attached hydrogen (secondary N) is 2. The highest BCUT2D eigenvalue weighted by molar-refractivity contribution is 5.87. The lowest BCUT2D eigenvalue weighted by atomic mass is 10.1. The molecule has 0 aliphatic carbocycles. The van der Waals surface area contributed by atoms with Crippen LogP contribution in [0, 0.1) is 0 Å². The second-order valence-corrected chi connectivity index (χ2v) is 9.08. The molecular formula is C28H34N4O10. The molecule has 0 saturated carbocycles. The standard InChI is InChI=1S/C28H34N4O10/c1-41-27(39)25(19-9-5-3-6-10-19)29-21(33)15-31(17-23(35)36)13-14-32(18-24(37)38)16-22(34)30-26(28(40)42-2)20-11-7-4-8-12-20/h3-12,25-26H,13-18H2,1-2H3,(H,29,33)(H,30,34)(H,35,36)(H,37,38). The molecule has 14 nitrogen and oxygen atoms in total. The highest BCUT2D eigenvalue weighted by Crippen LogP contribution is 2.15. The number of esters is 2. The highest BCUT2D eigenvalue weighted by atomic mass is 16.5. The lowest BCUT2D eigenvalue weighted by Gasteiger charge is -2.26. The van der Waals surface area contributed by atoms with E-state index in [-0.39, 0.29) is 13.1 Å². The predicted octanol–water partition coefficient (Wildman–Crippen LogP) is -0.179. The van der Waals surface area contributed by atoms with E-state index in [0.717, 1.165) is 0 Å². The summed E-state index contributed by atoms with van der Waals surface area (Å²) in [6.07, 6.45) is 0. The molecule has 2 unspecified atom stereocenters. The molecular weight excluding hydrogens is 552 g/mol. The Morgan fingerprint density at radius 1 is 0.619 bits per heavy atom. The van der Waals surface area contributed by atoms with Gasteiger partial charge >= 0.3 is 23.9 Å². The summed E-state index contributed by atoms with van der Waals surface area (Å²) >= 11 is 0. The molecule has 0 aliphatic heterocycles. The van der Waals surface area contributed by atoms with Gasteiger partial charge in [-0.05, 0) is 11.1 Å². The number of methoxy groups -OCH3 is 2. The van der Waals surface area contributed by atoms with Crippen LogP contribution >= 0.6 is 0 Å². The number of hydrogen-bond acceptors (Lipinski definition) is 10. The van der Waals surface area contributed by atoms with E-state index >= 15 is 0 Å². The molecule has 14 heteroatoms. The van der Waals surface area contributed by atoms with Gasteiger partial charge in [-0.1, -0.05) is 60.7 Å². The number of hydrogen-bond donors (Lipinski definition) is 4. The van der Waals surface area contributed by atoms with Gasteiger partial charge in [0.05, 0.1) is 40.4 Å². The van der Waals surface area contributed by atoms with Crippen molar-refractivity contribution in [3.8, 4) is 0 Å². The van der Waals surface area contributed by atoms with Crippen LogP contribution in [-0.4, -0.2) is 109 Å². The fourth-order valence-electron chi connectivity index (χ4n) is 4.00. The number of carboxylic acids is 2. The Bertz CT molecular complexity index is 1130. The van der Waals surface area contributed by atoms with Gasteiger partial charge in [0.1, 0.15) is 0 Å². The van der Waals surface area contributed by atoms with Crippen molar-refractivity contribution in [2.24, 2.45) is 0 Å². The first-order valence-electron chi connectivity index (χ1n) is 12.8. The highest BCUT2D eigenvalue weighted by Gasteiger charge is 2.27. The maximum Gasteiger partial charge on any atom is 0.333 e. The number of carbonyl (C=O) groups excluding carboxylic acids is 4. The van der Waals surface area contributed by atoms with Gasteiger partial charge in [0, 0.05) is 13.1 Å². The van der Waals surface area contributed by atoms with Gasteiger partial charge in [-0.25, -0.2) is 9.59 Å². The van der Waals surface area contributed by atoms with Crippen molar-refractivity contribution < 1.29 is 48.5 Å². The van der Waals surface area contributed by atoms with Crippen molar-refractivity contribution in [3.63, 3.8) is 0 Å². The van der Waals surface area contributed by atoms with Gasteiger partial charge in [-0.3, -0.25) is 29.0 Å². The molecule has 0 aromatic heterocycles. The number of ether oxygens (including phenoxy) is 2. The maximum atomic E-state index is 12.8. The topological polar surface area (TPSA) is 192 Å². The number of nitrogens with zero attached hydrogens (tertiary/aromatic N) is 2. The van der Waals surface area contributed by atoms with Crippen LogP contribution in [-0.2, 0) is 38.2 Å². The molecule has 4 N–H and O–H groups in total. The number of aliphatic carboxylic acids is 2. The minimum absolute atomic E-state index is 0.117. The number of amides is 2. The van der Waals surface area contributed by atoms with Crippen LogP contribution in [0.15, 0.2) is 60.7 Å². The predicted molar refractivity (Wildman–Crippen MR) is 147 cm³/mol. The SMILES string of the molecule is COC(=O)C(NC(=O)CN(CCN(CC(=O)O)CC(=O)NC(C(=O)OC)c1ccccc1)CC(=O)O)c1ccccc1. The summed E-state index contributed by atoms with van der Waals surface area (Å²) in [7, 11) is 2.34. The van der Waals surface area contributed by atoms with Crippen LogP contribution in [0.3, 0.4) is 0 Å². The van der Waals surface area contributed by atoms with E-state index in [0.29, 0.717) is 11.1 Å². The molecule has 0 bridgehead atoms. The van der Waals surface area contributed by atoms with Crippen LogP contribution in [0.5, 0.6) is 0 Å². The van der Waals surface area contributed by atoms with Crippen LogP contribution in [0.4, 0.5) is 0 Å². The van der Waals surface area contributed by atoms with Crippen molar-refractivity contribution in [1.29, 1.82) is 0 Å². The maximum absolute atomic E-state index is 12.8. The average molecular weight is 587 g/mol. The third-order valence-corrected chi connectivity index (χ3v) is 5.93. The molecule has 42 heavy (non-hydrogen) atoms. The molecule has 0 saturated heterocycles. The van der Waals surface area contributed by atoms with Gasteiger partial charge in [0.25, 0.3) is 0 Å². The summed E-state index contributed by atoms with van der Waals surface area (Å²) in [6.45, 7) is -2.28. The van der Waals surface area contributed by atoms with E-state index in [1.54, 1.807) is 60.7 Å². The molecule has 0 spiro atoms. The minimum Gasteiger partial charge on any atom is -0.480 e. The van der Waals surface area contributed by atoms with Crippen molar-refractivity contribution in [3.05, 3.63) is 71.8 Å². The molecule has 0 aliphatic rings. The summed E-state index contributed by atoms with van der Waals surface area (Å²) in [5, 5.41) is 23.8. The van der Waals surface area contributed by atoms with E-state index in [4.69, 9.17) is 9.47 Å². The van der Waals surface area contributed by atoms with Crippen molar-refractivity contribution in [2.45, 2.75) is 12.1 Å². The van der Waals surface area contributed by atoms with E-state index < -0.39 is 74.0 Å². The Kier molecular flexibility index (Phi) is 13.6. The second-order valence-electron chi connectivity index (χ2n) is 9.08. The molecule has 2 amide bonds. The average Bonchev–Trinajstić information content (AvgIpc) is 2.96. The third kappa shape index (κ3) is 11.3. The molecule has 0 radical (unpaired) electrons. The molecule has 226 valence electrons. The van der Waals surface area contributed by atoms with Crippen molar-refractivity contribution >= 4 is 35.7 Å². The Hall–Kier alpha value is -4.82. The van der Waals surface area contributed by atoms with Gasteiger partial charge in [-0.2, -0.15) is 0 Å². The molecule has 0 heterocycles. The zero-order chi connectivity index (χ0) is 31.1. The van der Waals surface area contributed by atoms with E-state index in [1.165, 1.54) is 24.0 Å². The number of benzene rings is 2. The van der Waals surface area contributed by atoms with Crippen molar-refractivity contribution in [2.75, 3.05) is 53.5 Å². The van der Waals surface area contributed by atoms with Gasteiger partial charge in [-0.15, -0.1) is 0 Å². The molecule has 0 fully saturated rings. The number of carboxylic acid groups (broad SMARTS) is 2. The zero-order valence-corrected chi connectivity index (χ0v) is 23.2. The van der Waals surface area contributed by atoms with Crippen LogP contribution in [0.1, 0.15) is 23.2 Å². The molecule has 2 aromatic rings. The van der Waals surface area contributed by atoms with E-state index in [9.17, 15) is 39.0 Å². The van der Waals surface area contributed by atoms with Crippen LogP contribution in [0.2, 0.25) is 0 Å². The van der Waals surface area contributed by atoms with Crippen LogP contribution < -0.4 is 10.6 Å². The first-order valence-corrected chi connectivity index (χ1v) is 12.8. The monoisotopic (exact) mass is 586 g/mol. The van der Waals surface area contributed by atoms with Gasteiger partial charge in [0.15, 0.2) is 12.1 Å². The zero-order valence-electron chi connectivity index (χ0n) is 23.2. The summed E-state index contributed by atoms with van der Waals surface area (Å²) in [5.41, 5.74) is 0.920. The van der Waals surface area contributed by atoms with E-state index in [2.05, 4.69) is 10.6 Å². The molecule has 2 rings (SSSR count). The summed E-state index contributed by atoms with van der Waals surface area (Å²) in [5.74, 6) is -5.30. The Labute approximate surface area is 242 Å². The minimum atomic E-state index is -1.25. The fraction of sp³-hybridized carbons (Fsp3) is 0.357. The fourth-order valence-corrected chi connectivity index (χ4v) is 4.00. The Morgan fingerprint density at radius 3 is 1.24 bits per heavy atom. The quantitative estimate of drug-likeness (QED) is 0.179. The normalized spacial score (nSPS) is 12.2. The van der Waals surface area contributed by atoms with E-state index in [1.807, 2.05) is 0 Å². The third-order valence-electron chi connectivity index (χ3n) is 5.93. The van der Waals surface area contributed by atoms with Gasteiger partial charge in [0.2, 0.25) is 11.8 Å². The Balaban J connectivity index is 2.09. The first-order chi connectivity index (χ1) is 20.0. The van der Waals surface area contributed by atoms with Gasteiger partial charge < -0.3 is 30.3 Å². The summed E-state index contributed by atoms with van der Waals surface area (Å²) in [4.78, 5) is 75.6. The van der Waals surface area contributed by atoms with Crippen molar-refractivity contribution in [1.82, 2.24) is 20.4 Å². The Morgan fingerprint density at radius 2 is 0.952 bits per heavy atom. The van der Waals surface area contributed by atoms with Crippen LogP contribution in [0.25, 0.3) is 0 Å². The lowest BCUT2D eigenvalue weighted by Crippen LogP contribution is -2.48.